The molecule has 2 aliphatic rings. The number of carbonyl (C=O) groups excluding carboxylic acids is 2. The van der Waals surface area contributed by atoms with Crippen LogP contribution >= 0.6 is 0 Å². The Kier molecular flexibility index (Phi) is 3.68. The SMILES string of the molecule is NC(=O)[C@@H]1CCCN(C(=O)Nc2cccc3c2CCO3)C1. The van der Waals surface area contributed by atoms with Gasteiger partial charge in [0, 0.05) is 30.8 Å². The van der Waals surface area contributed by atoms with Crippen molar-refractivity contribution >= 4 is 17.6 Å². The molecule has 1 saturated heterocycles. The Morgan fingerprint density at radius 3 is 3.05 bits per heavy atom. The summed E-state index contributed by atoms with van der Waals surface area (Å²) in [6.45, 7) is 1.70. The van der Waals surface area contributed by atoms with E-state index in [2.05, 4.69) is 5.32 Å². The Morgan fingerprint density at radius 2 is 2.24 bits per heavy atom. The third-order valence-electron chi connectivity index (χ3n) is 4.10. The van der Waals surface area contributed by atoms with Gasteiger partial charge in [0.1, 0.15) is 5.75 Å². The molecule has 1 aromatic rings. The van der Waals surface area contributed by atoms with Gasteiger partial charge in [-0.2, -0.15) is 0 Å². The van der Waals surface area contributed by atoms with E-state index in [0.717, 1.165) is 36.3 Å². The molecule has 0 radical (unpaired) electrons. The summed E-state index contributed by atoms with van der Waals surface area (Å²) >= 11 is 0. The topological polar surface area (TPSA) is 84.7 Å². The molecule has 1 aromatic carbocycles. The number of ether oxygens (including phenoxy) is 1. The van der Waals surface area contributed by atoms with Crippen LogP contribution < -0.4 is 15.8 Å². The van der Waals surface area contributed by atoms with Crippen LogP contribution in [0.1, 0.15) is 18.4 Å². The molecule has 1 fully saturated rings. The highest BCUT2D eigenvalue weighted by Gasteiger charge is 2.27. The van der Waals surface area contributed by atoms with Gasteiger partial charge in [0.15, 0.2) is 0 Å². The van der Waals surface area contributed by atoms with Gasteiger partial charge in [0.25, 0.3) is 0 Å². The van der Waals surface area contributed by atoms with E-state index in [9.17, 15) is 9.59 Å². The summed E-state index contributed by atoms with van der Waals surface area (Å²) in [5, 5.41) is 2.93. The van der Waals surface area contributed by atoms with Crippen LogP contribution in [-0.4, -0.2) is 36.5 Å². The maximum absolute atomic E-state index is 12.4. The van der Waals surface area contributed by atoms with Gasteiger partial charge in [-0.05, 0) is 25.0 Å². The minimum atomic E-state index is -0.332. The number of piperidine rings is 1. The number of hydrogen-bond donors (Lipinski definition) is 2. The van der Waals surface area contributed by atoms with Crippen LogP contribution in [0.2, 0.25) is 0 Å². The standard InChI is InChI=1S/C15H19N3O3/c16-14(19)10-3-2-7-18(9-10)15(20)17-12-4-1-5-13-11(12)6-8-21-13/h1,4-5,10H,2-3,6-9H2,(H2,16,19)(H,17,20)/t10-/m1/s1. The third-order valence-corrected chi connectivity index (χ3v) is 4.10. The molecule has 2 aliphatic heterocycles. The molecular weight excluding hydrogens is 270 g/mol. The van der Waals surface area contributed by atoms with Crippen molar-refractivity contribution in [2.45, 2.75) is 19.3 Å². The van der Waals surface area contributed by atoms with E-state index < -0.39 is 0 Å². The highest BCUT2D eigenvalue weighted by molar-refractivity contribution is 5.91. The van der Waals surface area contributed by atoms with Crippen molar-refractivity contribution in [3.63, 3.8) is 0 Å². The van der Waals surface area contributed by atoms with Crippen molar-refractivity contribution in [2.24, 2.45) is 11.7 Å². The predicted molar refractivity (Wildman–Crippen MR) is 78.2 cm³/mol. The summed E-state index contributed by atoms with van der Waals surface area (Å²) < 4.78 is 5.49. The van der Waals surface area contributed by atoms with Crippen molar-refractivity contribution in [1.82, 2.24) is 4.90 Å². The average molecular weight is 289 g/mol. The van der Waals surface area contributed by atoms with Gasteiger partial charge in [0.05, 0.1) is 12.5 Å². The largest absolute Gasteiger partial charge is 0.493 e. The lowest BCUT2D eigenvalue weighted by Crippen LogP contribution is -2.45. The van der Waals surface area contributed by atoms with Crippen LogP contribution in [0.5, 0.6) is 5.75 Å². The molecule has 2 heterocycles. The number of nitrogens with one attached hydrogen (secondary N) is 1. The lowest BCUT2D eigenvalue weighted by Gasteiger charge is -2.31. The molecule has 0 aromatic heterocycles. The van der Waals surface area contributed by atoms with Gasteiger partial charge in [-0.3, -0.25) is 4.79 Å². The van der Waals surface area contributed by atoms with E-state index in [0.29, 0.717) is 19.7 Å². The Morgan fingerprint density at radius 1 is 1.38 bits per heavy atom. The molecule has 6 heteroatoms. The van der Waals surface area contributed by atoms with Crippen LogP contribution in [0.4, 0.5) is 10.5 Å². The molecule has 3 amide bonds. The van der Waals surface area contributed by atoms with Crippen LogP contribution in [-0.2, 0) is 11.2 Å². The molecule has 0 saturated carbocycles. The number of primary amides is 1. The summed E-state index contributed by atoms with van der Waals surface area (Å²) in [5.41, 5.74) is 7.17. The summed E-state index contributed by atoms with van der Waals surface area (Å²) in [4.78, 5) is 25.3. The average Bonchev–Trinajstić information content (AvgIpc) is 2.97. The predicted octanol–water partition coefficient (Wildman–Crippen LogP) is 1.35. The molecule has 0 spiro atoms. The number of likely N-dealkylation sites (tertiary alicyclic amines) is 1. The number of urea groups is 1. The van der Waals surface area contributed by atoms with Crippen molar-refractivity contribution in [3.8, 4) is 5.75 Å². The third kappa shape index (κ3) is 2.79. The minimum Gasteiger partial charge on any atom is -0.493 e. The van der Waals surface area contributed by atoms with Crippen molar-refractivity contribution in [2.75, 3.05) is 25.0 Å². The first kappa shape index (κ1) is 13.7. The fourth-order valence-electron chi connectivity index (χ4n) is 2.93. The second-order valence-corrected chi connectivity index (χ2v) is 5.50. The molecule has 21 heavy (non-hydrogen) atoms. The van der Waals surface area contributed by atoms with Gasteiger partial charge >= 0.3 is 6.03 Å². The van der Waals surface area contributed by atoms with Crippen LogP contribution in [0.25, 0.3) is 0 Å². The van der Waals surface area contributed by atoms with E-state index in [1.807, 2.05) is 18.2 Å². The molecule has 0 unspecified atom stereocenters. The number of rotatable bonds is 2. The van der Waals surface area contributed by atoms with Gasteiger partial charge in [-0.15, -0.1) is 0 Å². The Bertz CT molecular complexity index is 573. The molecule has 6 nitrogen and oxygen atoms in total. The molecule has 0 bridgehead atoms. The van der Waals surface area contributed by atoms with E-state index in [1.54, 1.807) is 4.90 Å². The zero-order valence-corrected chi connectivity index (χ0v) is 11.8. The highest BCUT2D eigenvalue weighted by atomic mass is 16.5. The zero-order chi connectivity index (χ0) is 14.8. The fourth-order valence-corrected chi connectivity index (χ4v) is 2.93. The van der Waals surface area contributed by atoms with Crippen LogP contribution in [0, 0.1) is 5.92 Å². The lowest BCUT2D eigenvalue weighted by molar-refractivity contribution is -0.123. The molecule has 112 valence electrons. The number of fused-ring (bicyclic) bond motifs is 1. The first-order valence-electron chi connectivity index (χ1n) is 7.25. The number of hydrogen-bond acceptors (Lipinski definition) is 3. The number of amides is 3. The Labute approximate surface area is 123 Å². The fraction of sp³-hybridized carbons (Fsp3) is 0.467. The second kappa shape index (κ2) is 5.63. The van der Waals surface area contributed by atoms with Crippen molar-refractivity contribution in [3.05, 3.63) is 23.8 Å². The van der Waals surface area contributed by atoms with E-state index in [-0.39, 0.29) is 17.9 Å². The number of benzene rings is 1. The van der Waals surface area contributed by atoms with Gasteiger partial charge in [-0.1, -0.05) is 6.07 Å². The second-order valence-electron chi connectivity index (χ2n) is 5.50. The maximum atomic E-state index is 12.4. The van der Waals surface area contributed by atoms with Crippen molar-refractivity contribution in [1.29, 1.82) is 0 Å². The number of anilines is 1. The zero-order valence-electron chi connectivity index (χ0n) is 11.8. The molecule has 3 rings (SSSR count). The summed E-state index contributed by atoms with van der Waals surface area (Å²) in [6.07, 6.45) is 2.36. The van der Waals surface area contributed by atoms with E-state index >= 15 is 0 Å². The van der Waals surface area contributed by atoms with Gasteiger partial charge in [-0.25, -0.2) is 4.79 Å². The van der Waals surface area contributed by atoms with Crippen LogP contribution in [0.15, 0.2) is 18.2 Å². The molecule has 1 atom stereocenters. The quantitative estimate of drug-likeness (QED) is 0.862. The van der Waals surface area contributed by atoms with E-state index in [1.165, 1.54) is 0 Å². The number of nitrogens with two attached hydrogens (primary N) is 1. The molecule has 0 aliphatic carbocycles. The van der Waals surface area contributed by atoms with Gasteiger partial charge < -0.3 is 20.7 Å². The number of carbonyl (C=O) groups is 2. The minimum absolute atomic E-state index is 0.179. The normalized spacial score (nSPS) is 20.6. The van der Waals surface area contributed by atoms with Crippen molar-refractivity contribution < 1.29 is 14.3 Å². The Hall–Kier alpha value is -2.24. The monoisotopic (exact) mass is 289 g/mol. The summed E-state index contributed by atoms with van der Waals surface area (Å²) in [7, 11) is 0. The first-order chi connectivity index (χ1) is 10.1. The van der Waals surface area contributed by atoms with Crippen LogP contribution in [0.3, 0.4) is 0 Å². The summed E-state index contributed by atoms with van der Waals surface area (Å²) in [6, 6.07) is 5.46. The van der Waals surface area contributed by atoms with Gasteiger partial charge in [0.2, 0.25) is 5.91 Å². The smallest absolute Gasteiger partial charge is 0.321 e. The molecule has 3 N–H and O–H groups in total. The van der Waals surface area contributed by atoms with E-state index in [4.69, 9.17) is 10.5 Å². The summed E-state index contributed by atoms with van der Waals surface area (Å²) in [5.74, 6) is 0.261. The molecular formula is C15H19N3O3. The lowest BCUT2D eigenvalue weighted by atomic mass is 9.98. The maximum Gasteiger partial charge on any atom is 0.321 e. The Balaban J connectivity index is 1.69. The highest BCUT2D eigenvalue weighted by Crippen LogP contribution is 2.31. The first-order valence-corrected chi connectivity index (χ1v) is 7.25. The number of nitrogens with zero attached hydrogens (tertiary/aromatic N) is 1.